The van der Waals surface area contributed by atoms with E-state index >= 15 is 0 Å². The van der Waals surface area contributed by atoms with Gasteiger partial charge in [-0.05, 0) is 79.1 Å². The smallest absolute Gasteiger partial charge is 0.151 e. The molecule has 3 aromatic carbocycles. The van der Waals surface area contributed by atoms with Crippen molar-refractivity contribution in [1.82, 2.24) is 0 Å². The monoisotopic (exact) mass is 604 g/mol. The van der Waals surface area contributed by atoms with Crippen LogP contribution in [0, 0.1) is 0 Å². The van der Waals surface area contributed by atoms with Gasteiger partial charge in [-0.15, -0.1) is 0 Å². The van der Waals surface area contributed by atoms with Crippen molar-refractivity contribution in [1.29, 1.82) is 0 Å². The van der Waals surface area contributed by atoms with Crippen LogP contribution in [0.2, 0.25) is 0 Å². The number of sulfone groups is 1. The van der Waals surface area contributed by atoms with Gasteiger partial charge in [0, 0.05) is 19.1 Å². The summed E-state index contributed by atoms with van der Waals surface area (Å²) in [7, 11) is -3.07. The van der Waals surface area contributed by atoms with Crippen LogP contribution in [0.25, 0.3) is 0 Å². The summed E-state index contributed by atoms with van der Waals surface area (Å²) in [6.45, 7) is 2.65. The highest BCUT2D eigenvalue weighted by molar-refractivity contribution is 7.89. The van der Waals surface area contributed by atoms with Gasteiger partial charge in [0.15, 0.2) is 9.84 Å². The lowest BCUT2D eigenvalue weighted by atomic mass is 10.0. The molecule has 0 atom stereocenters. The zero-order valence-electron chi connectivity index (χ0n) is 25.5. The molecule has 9 heteroatoms. The highest BCUT2D eigenvalue weighted by Gasteiger charge is 2.04. The average Bonchev–Trinajstić information content (AvgIpc) is 3.00. The molecule has 3 aromatic rings. The van der Waals surface area contributed by atoms with Crippen molar-refractivity contribution in [2.45, 2.75) is 83.3 Å². The van der Waals surface area contributed by atoms with E-state index in [0.717, 1.165) is 36.3 Å². The molecule has 0 N–H and O–H groups in total. The Labute approximate surface area is 256 Å². The van der Waals surface area contributed by atoms with E-state index in [-0.39, 0.29) is 5.75 Å². The van der Waals surface area contributed by atoms with Gasteiger partial charge in [-0.1, -0.05) is 64.0 Å². The molecule has 0 amide bonds. The molecule has 0 aromatic heterocycles. The zero-order valence-corrected chi connectivity index (χ0v) is 26.3. The Balaban J connectivity index is 1.29. The molecule has 0 aliphatic carbocycles. The summed E-state index contributed by atoms with van der Waals surface area (Å²) in [6.07, 6.45) is 13.4. The fourth-order valence-electron chi connectivity index (χ4n) is 4.42. The lowest BCUT2D eigenvalue weighted by molar-refractivity contribution is -0.118. The quantitative estimate of drug-likeness (QED) is 0.0943. The van der Waals surface area contributed by atoms with Crippen LogP contribution in [0.4, 0.5) is 22.7 Å². The van der Waals surface area contributed by atoms with Crippen LogP contribution in [-0.4, -0.2) is 27.1 Å². The second-order valence-corrected chi connectivity index (χ2v) is 13.0. The van der Waals surface area contributed by atoms with Crippen molar-refractivity contribution in [3.05, 3.63) is 78.4 Å². The van der Waals surface area contributed by atoms with Crippen molar-refractivity contribution in [2.75, 3.05) is 12.9 Å². The minimum Gasteiger partial charge on any atom is -0.494 e. The Bertz CT molecular complexity index is 1400. The summed E-state index contributed by atoms with van der Waals surface area (Å²) >= 11 is 0. The Morgan fingerprint density at radius 2 is 1.00 bits per heavy atom. The summed E-state index contributed by atoms with van der Waals surface area (Å²) in [5.74, 6) is 1.23. The van der Waals surface area contributed by atoms with Crippen molar-refractivity contribution < 1.29 is 17.9 Å². The predicted molar refractivity (Wildman–Crippen MR) is 173 cm³/mol. The molecule has 3 rings (SSSR count). The number of unbranched alkanes of at least 4 members (excludes halogenated alkanes) is 8. The van der Waals surface area contributed by atoms with Crippen LogP contribution in [0.5, 0.6) is 5.75 Å². The number of azo groups is 2. The molecule has 0 radical (unpaired) electrons. The van der Waals surface area contributed by atoms with Crippen molar-refractivity contribution in [3.63, 3.8) is 0 Å². The minimum absolute atomic E-state index is 0.00587. The maximum absolute atomic E-state index is 11.4. The van der Waals surface area contributed by atoms with Gasteiger partial charge in [0.1, 0.15) is 11.5 Å². The number of carbonyl (C=O) groups is 1. The van der Waals surface area contributed by atoms with E-state index in [0.29, 0.717) is 35.9 Å². The maximum atomic E-state index is 11.4. The van der Waals surface area contributed by atoms with E-state index in [9.17, 15) is 13.2 Å². The highest BCUT2D eigenvalue weighted by atomic mass is 32.2. The normalized spacial score (nSPS) is 11.9. The Morgan fingerprint density at radius 3 is 1.44 bits per heavy atom. The molecular formula is C34H44N4O4S. The topological polar surface area (TPSA) is 110 Å². The standard InChI is InChI=1S/C34H44N4O4S/c1-3-33(39)13-11-9-7-5-4-6-8-10-12-26-42-34-24-22-32(23-25-34)38-37-31-20-18-30(19-21-31)36-35-29-16-14-28(15-17-29)27-43(2,40)41/h14-25H,3-13,26-27H2,1-2H3. The van der Waals surface area contributed by atoms with Gasteiger partial charge in [0.05, 0.1) is 35.1 Å². The third-order valence-corrected chi connectivity index (χ3v) is 7.73. The predicted octanol–water partition coefficient (Wildman–Crippen LogP) is 10.3. The van der Waals surface area contributed by atoms with Crippen LogP contribution in [-0.2, 0) is 20.4 Å². The molecule has 230 valence electrons. The van der Waals surface area contributed by atoms with Gasteiger partial charge in [-0.2, -0.15) is 20.5 Å². The number of nitrogens with zero attached hydrogens (tertiary/aromatic N) is 4. The van der Waals surface area contributed by atoms with E-state index in [1.165, 1.54) is 51.2 Å². The summed E-state index contributed by atoms with van der Waals surface area (Å²) < 4.78 is 28.7. The van der Waals surface area contributed by atoms with Crippen LogP contribution in [0.3, 0.4) is 0 Å². The molecule has 8 nitrogen and oxygen atoms in total. The molecule has 0 saturated carbocycles. The molecule has 0 heterocycles. The first kappa shape index (κ1) is 33.8. The molecule has 0 saturated heterocycles. The number of hydrogen-bond acceptors (Lipinski definition) is 8. The van der Waals surface area contributed by atoms with E-state index in [4.69, 9.17) is 4.74 Å². The third kappa shape index (κ3) is 14.8. The number of rotatable bonds is 20. The second kappa shape index (κ2) is 18.7. The Hall–Kier alpha value is -3.72. The van der Waals surface area contributed by atoms with Crippen LogP contribution in [0.15, 0.2) is 93.3 Å². The minimum atomic E-state index is -3.07. The summed E-state index contributed by atoms with van der Waals surface area (Å²) in [4.78, 5) is 11.3. The molecule has 0 fully saturated rings. The first-order valence-electron chi connectivity index (χ1n) is 15.3. The molecule has 43 heavy (non-hydrogen) atoms. The van der Waals surface area contributed by atoms with Crippen LogP contribution in [0.1, 0.15) is 83.1 Å². The lowest BCUT2D eigenvalue weighted by Gasteiger charge is -2.06. The lowest BCUT2D eigenvalue weighted by Crippen LogP contribution is -1.99. The fourth-order valence-corrected chi connectivity index (χ4v) is 5.21. The summed E-state index contributed by atoms with van der Waals surface area (Å²) in [5, 5.41) is 17.0. The number of benzene rings is 3. The van der Waals surface area contributed by atoms with Crippen molar-refractivity contribution >= 4 is 38.4 Å². The second-order valence-electron chi connectivity index (χ2n) is 10.8. The van der Waals surface area contributed by atoms with Gasteiger partial charge in [-0.3, -0.25) is 4.79 Å². The molecule has 0 spiro atoms. The van der Waals surface area contributed by atoms with E-state index in [2.05, 4.69) is 20.5 Å². The zero-order chi connectivity index (χ0) is 30.8. The maximum Gasteiger partial charge on any atom is 0.151 e. The van der Waals surface area contributed by atoms with Gasteiger partial charge < -0.3 is 4.74 Å². The molecule has 0 bridgehead atoms. The van der Waals surface area contributed by atoms with Gasteiger partial charge in [0.2, 0.25) is 0 Å². The third-order valence-electron chi connectivity index (χ3n) is 6.88. The van der Waals surface area contributed by atoms with Crippen molar-refractivity contribution in [3.8, 4) is 5.75 Å². The number of ketones is 1. The SMILES string of the molecule is CCC(=O)CCCCCCCCCCCOc1ccc(N=Nc2ccc(N=Nc3ccc(CS(C)(=O)=O)cc3)cc2)cc1. The average molecular weight is 605 g/mol. The molecule has 0 aliphatic heterocycles. The van der Waals surface area contributed by atoms with E-state index in [1.54, 1.807) is 24.3 Å². The summed E-state index contributed by atoms with van der Waals surface area (Å²) in [5.41, 5.74) is 3.48. The fraction of sp³-hybridized carbons (Fsp3) is 0.441. The Morgan fingerprint density at radius 1 is 0.605 bits per heavy atom. The van der Waals surface area contributed by atoms with Gasteiger partial charge in [0.25, 0.3) is 0 Å². The number of Topliss-reactive ketones (excluding diaryl/α,β-unsaturated/α-hetero) is 1. The first-order chi connectivity index (χ1) is 20.8. The first-order valence-corrected chi connectivity index (χ1v) is 17.3. The van der Waals surface area contributed by atoms with Crippen LogP contribution < -0.4 is 4.74 Å². The molecule has 0 unspecified atom stereocenters. The Kier molecular flexibility index (Phi) is 14.7. The van der Waals surface area contributed by atoms with Gasteiger partial charge in [-0.25, -0.2) is 8.42 Å². The number of ether oxygens (including phenoxy) is 1. The largest absolute Gasteiger partial charge is 0.494 e. The van der Waals surface area contributed by atoms with E-state index in [1.807, 2.05) is 55.5 Å². The summed E-state index contributed by atoms with van der Waals surface area (Å²) in [6, 6.07) is 21.9. The number of hydrogen-bond donors (Lipinski definition) is 0. The van der Waals surface area contributed by atoms with Crippen molar-refractivity contribution in [2.24, 2.45) is 20.5 Å². The highest BCUT2D eigenvalue weighted by Crippen LogP contribution is 2.25. The molecular weight excluding hydrogens is 560 g/mol. The number of carbonyl (C=O) groups excluding carboxylic acids is 1. The molecule has 0 aliphatic rings. The van der Waals surface area contributed by atoms with Crippen LogP contribution >= 0.6 is 0 Å². The van der Waals surface area contributed by atoms with Gasteiger partial charge >= 0.3 is 0 Å². The van der Waals surface area contributed by atoms with E-state index < -0.39 is 9.84 Å².